The Bertz CT molecular complexity index is 2410. The number of para-hydroxylation sites is 2. The third-order valence-corrected chi connectivity index (χ3v) is 9.63. The molecule has 0 bridgehead atoms. The van der Waals surface area contributed by atoms with E-state index in [-0.39, 0.29) is 0 Å². The minimum Gasteiger partial charge on any atom is -0.316 e. The average Bonchev–Trinajstić information content (AvgIpc) is 3.73. The number of hydrogen-bond donors (Lipinski definition) is 0. The topological polar surface area (TPSA) is 9.86 Å². The quantitative estimate of drug-likeness (QED) is 0.211. The molecule has 0 fully saturated rings. The molecular formula is C38H24N2S. The zero-order valence-electron chi connectivity index (χ0n) is 22.2. The van der Waals surface area contributed by atoms with Gasteiger partial charge in [0.1, 0.15) is 0 Å². The highest BCUT2D eigenvalue weighted by Crippen LogP contribution is 2.45. The highest BCUT2D eigenvalue weighted by atomic mass is 32.1. The zero-order valence-corrected chi connectivity index (χ0v) is 23.0. The van der Waals surface area contributed by atoms with Gasteiger partial charge in [0, 0.05) is 43.5 Å². The van der Waals surface area contributed by atoms with Crippen LogP contribution in [0.2, 0.25) is 0 Å². The number of benzene rings is 6. The molecule has 0 aliphatic carbocycles. The van der Waals surface area contributed by atoms with Crippen LogP contribution in [0, 0.1) is 0 Å². The normalized spacial score (nSPS) is 11.9. The molecule has 9 rings (SSSR count). The molecule has 3 aromatic heterocycles. The van der Waals surface area contributed by atoms with Crippen LogP contribution in [0.15, 0.2) is 146 Å². The highest BCUT2D eigenvalue weighted by molar-refractivity contribution is 7.26. The summed E-state index contributed by atoms with van der Waals surface area (Å²) in [5, 5.41) is 6.42. The molecule has 0 spiro atoms. The maximum absolute atomic E-state index is 2.48. The van der Waals surface area contributed by atoms with Crippen LogP contribution in [0.1, 0.15) is 0 Å². The summed E-state index contributed by atoms with van der Waals surface area (Å²) >= 11 is 1.90. The minimum absolute atomic E-state index is 1.17. The smallest absolute Gasteiger partial charge is 0.0640 e. The van der Waals surface area contributed by atoms with E-state index < -0.39 is 0 Å². The van der Waals surface area contributed by atoms with Crippen molar-refractivity contribution in [3.8, 4) is 22.5 Å². The second-order valence-electron chi connectivity index (χ2n) is 10.6. The van der Waals surface area contributed by atoms with Gasteiger partial charge in [-0.25, -0.2) is 0 Å². The molecule has 2 nitrogen and oxygen atoms in total. The molecule has 3 heteroatoms. The molecule has 0 aliphatic rings. The van der Waals surface area contributed by atoms with Gasteiger partial charge in [-0.05, 0) is 47.5 Å². The molecule has 192 valence electrons. The van der Waals surface area contributed by atoms with E-state index in [2.05, 4.69) is 155 Å². The molecule has 0 radical (unpaired) electrons. The first-order valence-electron chi connectivity index (χ1n) is 14.0. The maximum atomic E-state index is 2.48. The van der Waals surface area contributed by atoms with Gasteiger partial charge >= 0.3 is 0 Å². The second-order valence-corrected chi connectivity index (χ2v) is 11.6. The first-order valence-corrected chi connectivity index (χ1v) is 14.8. The van der Waals surface area contributed by atoms with Crippen molar-refractivity contribution in [3.63, 3.8) is 0 Å². The number of rotatable bonds is 3. The standard InChI is InChI=1S/C38H24N2S/c1-3-11-25(12-4-1)28-16-9-17-29-30-18-10-20-34(38(30)41-37(28)29)40-32-19-8-7-15-31(32)35-33(40)22-21-26-23-24-39(36(26)35)27-13-5-2-6-14-27/h1-24H. The molecule has 0 saturated heterocycles. The summed E-state index contributed by atoms with van der Waals surface area (Å²) in [6, 6.07) is 50.5. The van der Waals surface area contributed by atoms with Crippen molar-refractivity contribution in [2.75, 3.05) is 0 Å². The van der Waals surface area contributed by atoms with Crippen molar-refractivity contribution in [1.82, 2.24) is 9.13 Å². The van der Waals surface area contributed by atoms with Gasteiger partial charge in [-0.1, -0.05) is 103 Å². The first-order chi connectivity index (χ1) is 20.4. The number of thiophene rings is 1. The van der Waals surface area contributed by atoms with Gasteiger partial charge in [0.05, 0.1) is 26.9 Å². The highest BCUT2D eigenvalue weighted by Gasteiger charge is 2.20. The summed E-state index contributed by atoms with van der Waals surface area (Å²) in [4.78, 5) is 0. The number of aromatic nitrogens is 2. The van der Waals surface area contributed by atoms with Crippen LogP contribution in [0.5, 0.6) is 0 Å². The van der Waals surface area contributed by atoms with E-state index in [0.717, 1.165) is 0 Å². The molecular weight excluding hydrogens is 516 g/mol. The Balaban J connectivity index is 1.40. The Morgan fingerprint density at radius 2 is 1.20 bits per heavy atom. The SMILES string of the molecule is c1ccc(-c2cccc3c2sc2c(-n4c5ccccc5c5c6c(ccc54)ccn6-c4ccccc4)cccc23)cc1. The summed E-state index contributed by atoms with van der Waals surface area (Å²) in [5.41, 5.74) is 8.65. The van der Waals surface area contributed by atoms with Crippen LogP contribution < -0.4 is 0 Å². The Hall–Kier alpha value is -5.12. The number of hydrogen-bond acceptors (Lipinski definition) is 1. The fourth-order valence-electron chi connectivity index (χ4n) is 6.57. The lowest BCUT2D eigenvalue weighted by Gasteiger charge is -2.10. The van der Waals surface area contributed by atoms with Crippen molar-refractivity contribution in [2.45, 2.75) is 0 Å². The van der Waals surface area contributed by atoms with Gasteiger partial charge in [-0.3, -0.25) is 0 Å². The lowest BCUT2D eigenvalue weighted by molar-refractivity contribution is 1.13. The average molecular weight is 541 g/mol. The molecule has 0 aliphatic heterocycles. The van der Waals surface area contributed by atoms with Gasteiger partial charge in [-0.2, -0.15) is 0 Å². The van der Waals surface area contributed by atoms with Crippen LogP contribution in [0.25, 0.3) is 75.4 Å². The van der Waals surface area contributed by atoms with Crippen molar-refractivity contribution < 1.29 is 0 Å². The third kappa shape index (κ3) is 3.24. The molecule has 0 unspecified atom stereocenters. The fraction of sp³-hybridized carbons (Fsp3) is 0. The van der Waals surface area contributed by atoms with Crippen molar-refractivity contribution in [2.24, 2.45) is 0 Å². The van der Waals surface area contributed by atoms with Crippen LogP contribution in [-0.4, -0.2) is 9.13 Å². The summed E-state index contributed by atoms with van der Waals surface area (Å²) in [6.07, 6.45) is 2.20. The number of nitrogens with zero attached hydrogens (tertiary/aromatic N) is 2. The molecule has 6 aromatic carbocycles. The van der Waals surface area contributed by atoms with Crippen molar-refractivity contribution in [1.29, 1.82) is 0 Å². The molecule has 9 aromatic rings. The first kappa shape index (κ1) is 22.7. The van der Waals surface area contributed by atoms with Crippen LogP contribution >= 0.6 is 11.3 Å². The molecule has 41 heavy (non-hydrogen) atoms. The molecule has 0 saturated carbocycles. The van der Waals surface area contributed by atoms with E-state index in [9.17, 15) is 0 Å². The Labute approximate surface area is 240 Å². The maximum Gasteiger partial charge on any atom is 0.0640 e. The summed E-state index contributed by atoms with van der Waals surface area (Å²) < 4.78 is 7.46. The number of fused-ring (bicyclic) bond motifs is 8. The largest absolute Gasteiger partial charge is 0.316 e. The van der Waals surface area contributed by atoms with Gasteiger partial charge in [0.2, 0.25) is 0 Å². The Kier molecular flexibility index (Phi) is 4.80. The lowest BCUT2D eigenvalue weighted by Crippen LogP contribution is -1.94. The third-order valence-electron chi connectivity index (χ3n) is 8.35. The summed E-state index contributed by atoms with van der Waals surface area (Å²) in [6.45, 7) is 0. The fourth-order valence-corrected chi connectivity index (χ4v) is 7.91. The predicted octanol–water partition coefficient (Wildman–Crippen LogP) is 10.8. The minimum atomic E-state index is 1.17. The van der Waals surface area contributed by atoms with E-state index in [0.29, 0.717) is 0 Å². The van der Waals surface area contributed by atoms with Crippen LogP contribution in [0.3, 0.4) is 0 Å². The van der Waals surface area contributed by atoms with E-state index >= 15 is 0 Å². The van der Waals surface area contributed by atoms with E-state index in [1.54, 1.807) is 0 Å². The monoisotopic (exact) mass is 540 g/mol. The van der Waals surface area contributed by atoms with E-state index in [1.165, 1.54) is 75.4 Å². The Morgan fingerprint density at radius 1 is 0.488 bits per heavy atom. The summed E-state index contributed by atoms with van der Waals surface area (Å²) in [7, 11) is 0. The second kappa shape index (κ2) is 8.69. The van der Waals surface area contributed by atoms with Crippen LogP contribution in [0.4, 0.5) is 0 Å². The Morgan fingerprint density at radius 3 is 2.05 bits per heavy atom. The summed E-state index contributed by atoms with van der Waals surface area (Å²) in [5.74, 6) is 0. The molecule has 0 N–H and O–H groups in total. The molecule has 0 amide bonds. The van der Waals surface area contributed by atoms with Gasteiger partial charge < -0.3 is 9.13 Å². The van der Waals surface area contributed by atoms with Gasteiger partial charge in [-0.15, -0.1) is 11.3 Å². The van der Waals surface area contributed by atoms with E-state index in [4.69, 9.17) is 0 Å². The van der Waals surface area contributed by atoms with E-state index in [1.807, 2.05) is 11.3 Å². The zero-order chi connectivity index (χ0) is 26.9. The van der Waals surface area contributed by atoms with Crippen molar-refractivity contribution >= 4 is 64.2 Å². The van der Waals surface area contributed by atoms with Crippen molar-refractivity contribution in [3.05, 3.63) is 146 Å². The van der Waals surface area contributed by atoms with Crippen LogP contribution in [-0.2, 0) is 0 Å². The lowest BCUT2D eigenvalue weighted by atomic mass is 10.0. The molecule has 0 atom stereocenters. The predicted molar refractivity (Wildman–Crippen MR) is 176 cm³/mol. The van der Waals surface area contributed by atoms with Gasteiger partial charge in [0.25, 0.3) is 0 Å². The van der Waals surface area contributed by atoms with Gasteiger partial charge in [0.15, 0.2) is 0 Å². The molecule has 3 heterocycles.